The van der Waals surface area contributed by atoms with Gasteiger partial charge in [0.15, 0.2) is 0 Å². The van der Waals surface area contributed by atoms with E-state index in [2.05, 4.69) is 9.97 Å². The average Bonchev–Trinajstić information content (AvgIpc) is 3.43. The zero-order chi connectivity index (χ0) is 23.4. The summed E-state index contributed by atoms with van der Waals surface area (Å²) in [5.41, 5.74) is 4.49. The third kappa shape index (κ3) is 3.37. The number of nitrogens with zero attached hydrogens (tertiary/aromatic N) is 5. The quantitative estimate of drug-likeness (QED) is 0.491. The standard InChI is InChI=1S/C25H23ClN6O2/c1-15-11-21-18(14-31(15)24(33)22-12-17-19(26)6-4-7-20(17)28-22)23-25(34)30(9-10-32(23)29-21)13-16-5-2-3-8-27-16/h2-8,12,15,28H,9-11,13-14H2,1H3/t15-/m1/s1. The third-order valence-corrected chi connectivity index (χ3v) is 7.07. The molecule has 1 atom stereocenters. The van der Waals surface area contributed by atoms with E-state index < -0.39 is 0 Å². The fourth-order valence-electron chi connectivity index (χ4n) is 4.96. The lowest BCUT2D eigenvalue weighted by molar-refractivity contribution is 0.0633. The van der Waals surface area contributed by atoms with Crippen LogP contribution in [0.1, 0.15) is 44.9 Å². The molecule has 5 heterocycles. The molecule has 0 saturated carbocycles. The molecule has 6 rings (SSSR count). The number of benzene rings is 1. The first kappa shape index (κ1) is 20.9. The summed E-state index contributed by atoms with van der Waals surface area (Å²) in [6, 6.07) is 13.0. The van der Waals surface area contributed by atoms with Crippen LogP contribution in [-0.4, -0.2) is 53.9 Å². The van der Waals surface area contributed by atoms with Crippen molar-refractivity contribution in [2.24, 2.45) is 0 Å². The molecule has 0 unspecified atom stereocenters. The van der Waals surface area contributed by atoms with Gasteiger partial charge in [-0.15, -0.1) is 0 Å². The molecular weight excluding hydrogens is 452 g/mol. The summed E-state index contributed by atoms with van der Waals surface area (Å²) < 4.78 is 1.81. The molecule has 0 fully saturated rings. The Morgan fingerprint density at radius 1 is 1.21 bits per heavy atom. The number of hydrogen-bond donors (Lipinski definition) is 1. The molecule has 0 saturated heterocycles. The van der Waals surface area contributed by atoms with Gasteiger partial charge in [-0.2, -0.15) is 5.10 Å². The molecule has 0 spiro atoms. The number of carbonyl (C=O) groups is 2. The lowest BCUT2D eigenvalue weighted by Crippen LogP contribution is -2.44. The molecule has 4 aromatic rings. The predicted octanol–water partition coefficient (Wildman–Crippen LogP) is 3.66. The van der Waals surface area contributed by atoms with Gasteiger partial charge in [-0.25, -0.2) is 0 Å². The Labute approximate surface area is 201 Å². The number of carbonyl (C=O) groups excluding carboxylic acids is 2. The van der Waals surface area contributed by atoms with E-state index in [9.17, 15) is 9.59 Å². The topological polar surface area (TPSA) is 87.1 Å². The van der Waals surface area contributed by atoms with Crippen LogP contribution in [0.3, 0.4) is 0 Å². The summed E-state index contributed by atoms with van der Waals surface area (Å²) >= 11 is 6.31. The van der Waals surface area contributed by atoms with Gasteiger partial charge in [0.05, 0.1) is 31.0 Å². The van der Waals surface area contributed by atoms with Crippen LogP contribution in [0.5, 0.6) is 0 Å². The third-order valence-electron chi connectivity index (χ3n) is 6.74. The van der Waals surface area contributed by atoms with Crippen LogP contribution in [0, 0.1) is 0 Å². The van der Waals surface area contributed by atoms with Crippen LogP contribution in [0.4, 0.5) is 0 Å². The Hall–Kier alpha value is -3.65. The highest BCUT2D eigenvalue weighted by atomic mass is 35.5. The molecule has 2 aliphatic rings. The Balaban J connectivity index is 1.30. The van der Waals surface area contributed by atoms with E-state index in [1.807, 2.05) is 57.8 Å². The first-order valence-electron chi connectivity index (χ1n) is 11.4. The van der Waals surface area contributed by atoms with Crippen molar-refractivity contribution in [1.82, 2.24) is 29.5 Å². The molecule has 3 aromatic heterocycles. The molecule has 8 nitrogen and oxygen atoms in total. The number of H-pyrrole nitrogens is 1. The predicted molar refractivity (Wildman–Crippen MR) is 128 cm³/mol. The van der Waals surface area contributed by atoms with E-state index in [0.717, 1.165) is 27.9 Å². The molecule has 1 N–H and O–H groups in total. The van der Waals surface area contributed by atoms with E-state index in [4.69, 9.17) is 16.7 Å². The summed E-state index contributed by atoms with van der Waals surface area (Å²) in [5.74, 6) is -0.177. The zero-order valence-electron chi connectivity index (χ0n) is 18.7. The minimum absolute atomic E-state index is 0.0430. The molecule has 34 heavy (non-hydrogen) atoms. The lowest BCUT2D eigenvalue weighted by atomic mass is 9.98. The van der Waals surface area contributed by atoms with Gasteiger partial charge in [-0.3, -0.25) is 19.3 Å². The smallest absolute Gasteiger partial charge is 0.272 e. The summed E-state index contributed by atoms with van der Waals surface area (Å²) in [7, 11) is 0. The van der Waals surface area contributed by atoms with E-state index in [1.54, 1.807) is 12.3 Å². The second-order valence-electron chi connectivity index (χ2n) is 8.92. The number of halogens is 1. The first-order chi connectivity index (χ1) is 16.5. The summed E-state index contributed by atoms with van der Waals surface area (Å²) in [5, 5.41) is 6.16. The van der Waals surface area contributed by atoms with Crippen molar-refractivity contribution in [2.45, 2.75) is 39.0 Å². The lowest BCUT2D eigenvalue weighted by Gasteiger charge is -2.33. The zero-order valence-corrected chi connectivity index (χ0v) is 19.4. The SMILES string of the molecule is C[C@@H]1Cc2nn3c(c2CN1C(=O)c1cc2c(Cl)cccc2[nH]1)C(=O)N(Cc1ccccn1)CC3. The maximum absolute atomic E-state index is 13.5. The van der Waals surface area contributed by atoms with Crippen molar-refractivity contribution in [1.29, 1.82) is 0 Å². The first-order valence-corrected chi connectivity index (χ1v) is 11.7. The van der Waals surface area contributed by atoms with Crippen molar-refractivity contribution in [3.63, 3.8) is 0 Å². The van der Waals surface area contributed by atoms with Crippen LogP contribution < -0.4 is 0 Å². The van der Waals surface area contributed by atoms with Crippen LogP contribution >= 0.6 is 11.6 Å². The van der Waals surface area contributed by atoms with Crippen LogP contribution in [0.15, 0.2) is 48.7 Å². The van der Waals surface area contributed by atoms with Crippen molar-refractivity contribution < 1.29 is 9.59 Å². The summed E-state index contributed by atoms with van der Waals surface area (Å²) in [6.45, 7) is 4.02. The highest BCUT2D eigenvalue weighted by Crippen LogP contribution is 2.31. The van der Waals surface area contributed by atoms with Gasteiger partial charge in [0.25, 0.3) is 11.8 Å². The Morgan fingerprint density at radius 2 is 2.09 bits per heavy atom. The molecule has 2 aliphatic heterocycles. The number of nitrogens with one attached hydrogen (secondary N) is 1. The molecular formula is C25H23ClN6O2. The number of aromatic nitrogens is 4. The number of aromatic amines is 1. The van der Waals surface area contributed by atoms with Gasteiger partial charge >= 0.3 is 0 Å². The van der Waals surface area contributed by atoms with Crippen molar-refractivity contribution in [2.75, 3.05) is 6.54 Å². The minimum atomic E-state index is -0.112. The highest BCUT2D eigenvalue weighted by Gasteiger charge is 2.37. The molecule has 9 heteroatoms. The van der Waals surface area contributed by atoms with Crippen molar-refractivity contribution in [3.8, 4) is 0 Å². The monoisotopic (exact) mass is 474 g/mol. The van der Waals surface area contributed by atoms with Gasteiger partial charge in [-0.1, -0.05) is 23.7 Å². The van der Waals surface area contributed by atoms with Gasteiger partial charge in [0.2, 0.25) is 0 Å². The number of hydrogen-bond acceptors (Lipinski definition) is 4. The minimum Gasteiger partial charge on any atom is -0.350 e. The maximum Gasteiger partial charge on any atom is 0.272 e. The van der Waals surface area contributed by atoms with Gasteiger partial charge in [-0.05, 0) is 37.3 Å². The number of pyridine rings is 1. The molecule has 1 aromatic carbocycles. The second-order valence-corrected chi connectivity index (χ2v) is 9.32. The normalized spacial score (nSPS) is 17.7. The maximum atomic E-state index is 13.5. The Bertz CT molecular complexity index is 1430. The molecule has 0 bridgehead atoms. The van der Waals surface area contributed by atoms with Crippen LogP contribution in [0.25, 0.3) is 10.9 Å². The van der Waals surface area contributed by atoms with Gasteiger partial charge in [0.1, 0.15) is 11.4 Å². The fraction of sp³-hybridized carbons (Fsp3) is 0.280. The highest BCUT2D eigenvalue weighted by molar-refractivity contribution is 6.35. The van der Waals surface area contributed by atoms with E-state index in [1.165, 1.54) is 0 Å². The van der Waals surface area contributed by atoms with Crippen LogP contribution in [-0.2, 0) is 26.1 Å². The number of fused-ring (bicyclic) bond motifs is 4. The van der Waals surface area contributed by atoms with Crippen molar-refractivity contribution in [3.05, 3.63) is 82.0 Å². The fourth-order valence-corrected chi connectivity index (χ4v) is 5.19. The Morgan fingerprint density at radius 3 is 2.88 bits per heavy atom. The van der Waals surface area contributed by atoms with E-state index in [-0.39, 0.29) is 17.9 Å². The molecule has 2 amide bonds. The average molecular weight is 475 g/mol. The molecule has 172 valence electrons. The van der Waals surface area contributed by atoms with Gasteiger partial charge in [0, 0.05) is 46.7 Å². The Kier molecular flexibility index (Phi) is 4.91. The number of rotatable bonds is 3. The van der Waals surface area contributed by atoms with Crippen molar-refractivity contribution >= 4 is 34.3 Å². The van der Waals surface area contributed by atoms with E-state index >= 15 is 0 Å². The van der Waals surface area contributed by atoms with E-state index in [0.29, 0.717) is 49.0 Å². The largest absolute Gasteiger partial charge is 0.350 e. The summed E-state index contributed by atoms with van der Waals surface area (Å²) in [6.07, 6.45) is 2.34. The number of amides is 2. The molecule has 0 aliphatic carbocycles. The van der Waals surface area contributed by atoms with Crippen LogP contribution in [0.2, 0.25) is 5.02 Å². The summed E-state index contributed by atoms with van der Waals surface area (Å²) in [4.78, 5) is 38.1. The second kappa shape index (κ2) is 7.99. The molecule has 0 radical (unpaired) electrons. The van der Waals surface area contributed by atoms with Gasteiger partial charge < -0.3 is 14.8 Å².